The Labute approximate surface area is 138 Å². The van der Waals surface area contributed by atoms with Crippen LogP contribution in [0.4, 0.5) is 0 Å². The summed E-state index contributed by atoms with van der Waals surface area (Å²) in [5.74, 6) is 0. The maximum atomic E-state index is 11.9. The molecular weight excluding hydrogens is 407 g/mol. The van der Waals surface area contributed by atoms with Gasteiger partial charge in [-0.1, -0.05) is 6.07 Å². The smallest absolute Gasteiger partial charge is 0.295 e. The molecule has 3 aromatic rings. The molecule has 0 aliphatic heterocycles. The van der Waals surface area contributed by atoms with Crippen molar-refractivity contribution in [3.8, 4) is 0 Å². The molecule has 3 nitrogen and oxygen atoms in total. The summed E-state index contributed by atoms with van der Waals surface area (Å²) in [6.07, 6.45) is 0. The number of fused-ring (bicyclic) bond motifs is 1. The van der Waals surface area contributed by atoms with Crippen molar-refractivity contribution >= 4 is 56.6 Å². The lowest BCUT2D eigenvalue weighted by atomic mass is 10.1. The van der Waals surface area contributed by atoms with E-state index in [0.29, 0.717) is 0 Å². The number of hydrogen-bond acceptors (Lipinski definition) is 2. The number of rotatable bonds is 2. The molecule has 1 unspecified atom stereocenters. The summed E-state index contributed by atoms with van der Waals surface area (Å²) in [5, 5.41) is 1.89. The third-order valence-electron chi connectivity index (χ3n) is 3.47. The second kappa shape index (κ2) is 5.20. The van der Waals surface area contributed by atoms with Crippen LogP contribution in [0.1, 0.15) is 16.5 Å². The molecule has 2 aromatic heterocycles. The minimum atomic E-state index is -0.186. The van der Waals surface area contributed by atoms with E-state index in [9.17, 15) is 4.79 Å². The molecule has 20 heavy (non-hydrogen) atoms. The van der Waals surface area contributed by atoms with E-state index in [0.717, 1.165) is 22.2 Å². The minimum Gasteiger partial charge on any atom is -0.295 e. The van der Waals surface area contributed by atoms with E-state index < -0.39 is 0 Å². The predicted molar refractivity (Wildman–Crippen MR) is 92.9 cm³/mol. The van der Waals surface area contributed by atoms with E-state index in [1.807, 2.05) is 18.2 Å². The van der Waals surface area contributed by atoms with Crippen molar-refractivity contribution in [2.24, 2.45) is 14.1 Å². The van der Waals surface area contributed by atoms with E-state index in [1.54, 1.807) is 34.6 Å². The van der Waals surface area contributed by atoms with Gasteiger partial charge in [0, 0.05) is 14.1 Å². The number of hydrogen-bond donors (Lipinski definition) is 0. The summed E-state index contributed by atoms with van der Waals surface area (Å²) in [6, 6.07) is 8.04. The Kier molecular flexibility index (Phi) is 3.68. The van der Waals surface area contributed by atoms with Crippen molar-refractivity contribution in [2.45, 2.75) is 5.38 Å². The highest BCUT2D eigenvalue weighted by Gasteiger charge is 2.15. The van der Waals surface area contributed by atoms with E-state index in [1.165, 1.54) is 2.88 Å². The maximum Gasteiger partial charge on any atom is 0.328 e. The highest BCUT2D eigenvalue weighted by atomic mass is 127. The highest BCUT2D eigenvalue weighted by Crippen LogP contribution is 2.33. The molecule has 1 aromatic carbocycles. The van der Waals surface area contributed by atoms with Crippen molar-refractivity contribution in [1.82, 2.24) is 9.13 Å². The largest absolute Gasteiger partial charge is 0.328 e. The fourth-order valence-electron chi connectivity index (χ4n) is 2.33. The van der Waals surface area contributed by atoms with Crippen LogP contribution in [0.2, 0.25) is 0 Å². The van der Waals surface area contributed by atoms with Crippen molar-refractivity contribution in [1.29, 1.82) is 0 Å². The van der Waals surface area contributed by atoms with Gasteiger partial charge in [-0.25, -0.2) is 4.79 Å². The lowest BCUT2D eigenvalue weighted by Crippen LogP contribution is -2.19. The van der Waals surface area contributed by atoms with Crippen LogP contribution in [0.25, 0.3) is 11.0 Å². The number of aryl methyl sites for hydroxylation is 2. The molecule has 6 heteroatoms. The molecule has 1 atom stereocenters. The van der Waals surface area contributed by atoms with Crippen LogP contribution in [0, 0.1) is 2.88 Å². The zero-order valence-electron chi connectivity index (χ0n) is 10.9. The van der Waals surface area contributed by atoms with Gasteiger partial charge in [-0.3, -0.25) is 9.13 Å². The van der Waals surface area contributed by atoms with Crippen molar-refractivity contribution in [2.75, 3.05) is 0 Å². The molecule has 104 valence electrons. The maximum absolute atomic E-state index is 11.9. The van der Waals surface area contributed by atoms with Crippen LogP contribution < -0.4 is 5.69 Å². The highest BCUT2D eigenvalue weighted by molar-refractivity contribution is 14.1. The van der Waals surface area contributed by atoms with E-state index >= 15 is 0 Å². The number of aromatic nitrogens is 2. The molecule has 0 aliphatic carbocycles. The van der Waals surface area contributed by atoms with Gasteiger partial charge in [0.1, 0.15) is 0 Å². The van der Waals surface area contributed by atoms with Gasteiger partial charge < -0.3 is 0 Å². The molecule has 0 fully saturated rings. The molecular formula is C14H12ClIN2OS. The van der Waals surface area contributed by atoms with Gasteiger partial charge in [0.15, 0.2) is 0 Å². The number of nitrogens with zero attached hydrogens (tertiary/aromatic N) is 2. The van der Waals surface area contributed by atoms with Crippen molar-refractivity contribution in [3.05, 3.63) is 54.1 Å². The first kappa shape index (κ1) is 14.2. The van der Waals surface area contributed by atoms with Gasteiger partial charge in [-0.15, -0.1) is 22.9 Å². The van der Waals surface area contributed by atoms with Gasteiger partial charge in [0.05, 0.1) is 19.3 Å². The Morgan fingerprint density at radius 1 is 1.15 bits per heavy atom. The third kappa shape index (κ3) is 2.21. The van der Waals surface area contributed by atoms with E-state index in [4.69, 9.17) is 11.6 Å². The summed E-state index contributed by atoms with van der Waals surface area (Å²) < 4.78 is 4.52. The Balaban J connectivity index is 2.14. The summed E-state index contributed by atoms with van der Waals surface area (Å²) in [4.78, 5) is 11.9. The Morgan fingerprint density at radius 3 is 2.50 bits per heavy atom. The number of benzene rings is 1. The molecule has 0 aliphatic rings. The number of imidazole rings is 1. The van der Waals surface area contributed by atoms with E-state index in [2.05, 4.69) is 34.0 Å². The molecule has 0 bridgehead atoms. The third-order valence-corrected chi connectivity index (χ3v) is 5.78. The molecule has 2 heterocycles. The summed E-state index contributed by atoms with van der Waals surface area (Å²) in [5.41, 5.74) is 3.92. The van der Waals surface area contributed by atoms with Gasteiger partial charge in [-0.2, -0.15) is 0 Å². The Morgan fingerprint density at radius 2 is 1.85 bits per heavy atom. The van der Waals surface area contributed by atoms with E-state index in [-0.39, 0.29) is 11.1 Å². The lowest BCUT2D eigenvalue weighted by Gasteiger charge is -2.08. The lowest BCUT2D eigenvalue weighted by molar-refractivity contribution is 0.795. The average molecular weight is 419 g/mol. The molecule has 0 spiro atoms. The average Bonchev–Trinajstić information content (AvgIpc) is 2.97. The monoisotopic (exact) mass is 418 g/mol. The number of halogens is 2. The van der Waals surface area contributed by atoms with Gasteiger partial charge in [0.2, 0.25) is 0 Å². The summed E-state index contributed by atoms with van der Waals surface area (Å²) >= 11 is 10.5. The second-order valence-electron chi connectivity index (χ2n) is 4.70. The Bertz CT molecular complexity index is 849. The fraction of sp³-hybridized carbons (Fsp3) is 0.214. The fourth-order valence-corrected chi connectivity index (χ4v) is 4.06. The topological polar surface area (TPSA) is 26.9 Å². The zero-order chi connectivity index (χ0) is 14.4. The molecule has 0 saturated heterocycles. The first-order valence-electron chi connectivity index (χ1n) is 6.02. The molecule has 0 radical (unpaired) electrons. The SMILES string of the molecule is Cn1c(=O)n(C)c2cc(C(Cl)c3csc(I)c3)ccc21. The van der Waals surface area contributed by atoms with Gasteiger partial charge in [0.25, 0.3) is 0 Å². The molecule has 0 saturated carbocycles. The van der Waals surface area contributed by atoms with Gasteiger partial charge in [-0.05, 0) is 57.3 Å². The normalized spacial score (nSPS) is 13.0. The van der Waals surface area contributed by atoms with Crippen LogP contribution in [0.3, 0.4) is 0 Å². The summed E-state index contributed by atoms with van der Waals surface area (Å²) in [7, 11) is 3.56. The summed E-state index contributed by atoms with van der Waals surface area (Å²) in [6.45, 7) is 0. The first-order valence-corrected chi connectivity index (χ1v) is 8.42. The van der Waals surface area contributed by atoms with Crippen LogP contribution >= 0.6 is 45.5 Å². The minimum absolute atomic E-state index is 0.0200. The van der Waals surface area contributed by atoms with Crippen LogP contribution in [0.15, 0.2) is 34.4 Å². The zero-order valence-corrected chi connectivity index (χ0v) is 14.7. The molecule has 0 N–H and O–H groups in total. The number of thiophene rings is 1. The first-order chi connectivity index (χ1) is 9.49. The van der Waals surface area contributed by atoms with Gasteiger partial charge >= 0.3 is 5.69 Å². The molecule has 0 amide bonds. The predicted octanol–water partition coefficient (Wildman–Crippen LogP) is 3.87. The standard InChI is InChI=1S/C14H12ClIN2OS/c1-17-10-4-3-8(5-11(10)18(2)14(17)19)13(15)9-6-12(16)20-7-9/h3-7,13H,1-2H3. The van der Waals surface area contributed by atoms with Crippen LogP contribution in [-0.2, 0) is 14.1 Å². The van der Waals surface area contributed by atoms with Crippen molar-refractivity contribution in [3.63, 3.8) is 0 Å². The number of alkyl halides is 1. The second-order valence-corrected chi connectivity index (χ2v) is 7.94. The quantitative estimate of drug-likeness (QED) is 0.458. The molecule has 3 rings (SSSR count). The van der Waals surface area contributed by atoms with Crippen LogP contribution in [-0.4, -0.2) is 9.13 Å². The Hall–Kier alpha value is -0.790. The van der Waals surface area contributed by atoms with Crippen molar-refractivity contribution < 1.29 is 0 Å². The van der Waals surface area contributed by atoms with Crippen LogP contribution in [0.5, 0.6) is 0 Å².